The molecular weight excluding hydrogens is 126 g/mol. The molecule has 10 heavy (non-hydrogen) atoms. The smallest absolute Gasteiger partial charge is 0.156 e. The van der Waals surface area contributed by atoms with Crippen molar-refractivity contribution in [3.63, 3.8) is 0 Å². The van der Waals surface area contributed by atoms with Crippen molar-refractivity contribution in [1.29, 1.82) is 0 Å². The van der Waals surface area contributed by atoms with E-state index < -0.39 is 0 Å². The molecule has 0 bridgehead atoms. The Morgan fingerprint density at radius 3 is 2.60 bits per heavy atom. The van der Waals surface area contributed by atoms with Gasteiger partial charge in [-0.3, -0.25) is 0 Å². The van der Waals surface area contributed by atoms with E-state index in [-0.39, 0.29) is 0 Å². The first-order valence-corrected chi connectivity index (χ1v) is 3.09. The van der Waals surface area contributed by atoms with Crippen LogP contribution >= 0.6 is 0 Å². The molecule has 3 nitrogen and oxygen atoms in total. The lowest BCUT2D eigenvalue weighted by atomic mass is 10.5. The number of hydrogen-bond acceptors (Lipinski definition) is 3. The Kier molecular flexibility index (Phi) is 1.85. The topological polar surface area (TPSA) is 29.0 Å². The van der Waals surface area contributed by atoms with E-state index in [1.54, 1.807) is 6.20 Å². The van der Waals surface area contributed by atoms with Crippen molar-refractivity contribution < 1.29 is 0 Å². The number of aryl methyl sites for hydroxylation is 1. The van der Waals surface area contributed by atoms with Crippen LogP contribution in [0.25, 0.3) is 0 Å². The van der Waals surface area contributed by atoms with Gasteiger partial charge < -0.3 is 4.90 Å². The molecule has 0 saturated carbocycles. The molecule has 0 unspecified atom stereocenters. The third kappa shape index (κ3) is 1.43. The fourth-order valence-electron chi connectivity index (χ4n) is 0.604. The van der Waals surface area contributed by atoms with E-state index in [2.05, 4.69) is 16.2 Å². The normalized spacial score (nSPS) is 9.50. The van der Waals surface area contributed by atoms with Crippen LogP contribution in [0.3, 0.4) is 0 Å². The molecular formula is C7H10N3. The molecule has 1 heterocycles. The zero-order valence-corrected chi connectivity index (χ0v) is 6.42. The predicted octanol–water partition coefficient (Wildman–Crippen LogP) is 0.651. The van der Waals surface area contributed by atoms with Crippen LogP contribution in [0.15, 0.2) is 6.20 Å². The van der Waals surface area contributed by atoms with Crippen LogP contribution in [0.5, 0.6) is 0 Å². The Labute approximate surface area is 60.7 Å². The number of anilines is 1. The second kappa shape index (κ2) is 2.64. The molecule has 0 aliphatic heterocycles. The largest absolute Gasteiger partial charge is 0.361 e. The Morgan fingerprint density at radius 2 is 2.20 bits per heavy atom. The van der Waals surface area contributed by atoms with Gasteiger partial charge in [0.2, 0.25) is 0 Å². The Hall–Kier alpha value is -1.12. The van der Waals surface area contributed by atoms with Gasteiger partial charge in [-0.15, -0.1) is 0 Å². The molecule has 0 amide bonds. The summed E-state index contributed by atoms with van der Waals surface area (Å²) in [6.45, 7) is 1.91. The van der Waals surface area contributed by atoms with Crippen LogP contribution in [-0.2, 0) is 0 Å². The van der Waals surface area contributed by atoms with E-state index in [9.17, 15) is 0 Å². The van der Waals surface area contributed by atoms with E-state index in [0.717, 1.165) is 11.5 Å². The number of nitrogens with zero attached hydrogens (tertiary/aromatic N) is 3. The summed E-state index contributed by atoms with van der Waals surface area (Å²) in [5, 5.41) is 0. The molecule has 1 aromatic rings. The monoisotopic (exact) mass is 136 g/mol. The maximum Gasteiger partial charge on any atom is 0.156 e. The minimum absolute atomic E-state index is 0.778. The van der Waals surface area contributed by atoms with Crippen LogP contribution in [0.2, 0.25) is 0 Å². The average molecular weight is 136 g/mol. The van der Waals surface area contributed by atoms with E-state index >= 15 is 0 Å². The van der Waals surface area contributed by atoms with Gasteiger partial charge in [0.05, 0.1) is 5.69 Å². The predicted molar refractivity (Wildman–Crippen MR) is 39.9 cm³/mol. The Balaban J connectivity index is 2.96. The van der Waals surface area contributed by atoms with Crippen LogP contribution in [0.4, 0.5) is 5.82 Å². The van der Waals surface area contributed by atoms with Gasteiger partial charge in [-0.25, -0.2) is 9.97 Å². The number of aromatic nitrogens is 2. The molecule has 0 saturated heterocycles. The van der Waals surface area contributed by atoms with Gasteiger partial charge in [-0.2, -0.15) is 0 Å². The zero-order chi connectivity index (χ0) is 7.56. The van der Waals surface area contributed by atoms with Gasteiger partial charge >= 0.3 is 0 Å². The molecule has 0 aromatic carbocycles. The highest BCUT2D eigenvalue weighted by atomic mass is 15.1. The maximum atomic E-state index is 4.18. The molecule has 0 aliphatic carbocycles. The minimum Gasteiger partial charge on any atom is -0.361 e. The maximum absolute atomic E-state index is 4.18. The molecule has 1 aromatic heterocycles. The van der Waals surface area contributed by atoms with Gasteiger partial charge in [0.1, 0.15) is 6.20 Å². The molecule has 0 spiro atoms. The average Bonchev–Trinajstić information content (AvgIpc) is 1.88. The van der Waals surface area contributed by atoms with E-state index in [4.69, 9.17) is 0 Å². The third-order valence-electron chi connectivity index (χ3n) is 1.12. The van der Waals surface area contributed by atoms with Gasteiger partial charge in [0, 0.05) is 20.3 Å². The summed E-state index contributed by atoms with van der Waals surface area (Å²) < 4.78 is 0. The molecule has 1 rings (SSSR count). The van der Waals surface area contributed by atoms with E-state index in [0.29, 0.717) is 0 Å². The first kappa shape index (κ1) is 6.99. The first-order valence-electron chi connectivity index (χ1n) is 3.09. The van der Waals surface area contributed by atoms with Crippen molar-refractivity contribution in [2.75, 3.05) is 19.0 Å². The molecule has 0 aliphatic rings. The lowest BCUT2D eigenvalue weighted by Crippen LogP contribution is -2.11. The fourth-order valence-corrected chi connectivity index (χ4v) is 0.604. The minimum atomic E-state index is 0.778. The molecule has 1 radical (unpaired) electrons. The highest BCUT2D eigenvalue weighted by Gasteiger charge is 1.95. The van der Waals surface area contributed by atoms with Crippen molar-refractivity contribution in [2.24, 2.45) is 0 Å². The van der Waals surface area contributed by atoms with Crippen LogP contribution in [-0.4, -0.2) is 24.1 Å². The number of hydrogen-bond donors (Lipinski definition) is 0. The molecule has 0 N–H and O–H groups in total. The standard InChI is InChI=1S/C7H10N3/c1-6-4-8-5-7(9-6)10(2)3/h4H,1-3H3. The molecule has 53 valence electrons. The summed E-state index contributed by atoms with van der Waals surface area (Å²) in [6.07, 6.45) is 4.46. The zero-order valence-electron chi connectivity index (χ0n) is 6.42. The van der Waals surface area contributed by atoms with Crippen molar-refractivity contribution in [3.8, 4) is 0 Å². The summed E-state index contributed by atoms with van der Waals surface area (Å²) in [4.78, 5) is 9.93. The van der Waals surface area contributed by atoms with E-state index in [1.165, 1.54) is 0 Å². The van der Waals surface area contributed by atoms with Crippen LogP contribution in [0.1, 0.15) is 5.69 Å². The summed E-state index contributed by atoms with van der Waals surface area (Å²) in [5.41, 5.74) is 0.919. The van der Waals surface area contributed by atoms with Crippen molar-refractivity contribution in [1.82, 2.24) is 9.97 Å². The van der Waals surface area contributed by atoms with E-state index in [1.807, 2.05) is 25.9 Å². The summed E-state index contributed by atoms with van der Waals surface area (Å²) in [7, 11) is 3.83. The first-order chi connectivity index (χ1) is 4.70. The highest BCUT2D eigenvalue weighted by molar-refractivity contribution is 5.31. The Morgan fingerprint density at radius 1 is 1.50 bits per heavy atom. The van der Waals surface area contributed by atoms with Gasteiger partial charge in [0.25, 0.3) is 0 Å². The lowest BCUT2D eigenvalue weighted by Gasteiger charge is -2.08. The van der Waals surface area contributed by atoms with Crippen LogP contribution in [0, 0.1) is 13.1 Å². The Bertz CT molecular complexity index is 220. The summed E-state index contributed by atoms with van der Waals surface area (Å²) >= 11 is 0. The van der Waals surface area contributed by atoms with Gasteiger partial charge in [-0.1, -0.05) is 0 Å². The number of rotatable bonds is 1. The summed E-state index contributed by atoms with van der Waals surface area (Å²) in [5.74, 6) is 0.778. The lowest BCUT2D eigenvalue weighted by molar-refractivity contribution is 1.01. The molecule has 0 atom stereocenters. The summed E-state index contributed by atoms with van der Waals surface area (Å²) in [6, 6.07) is 0. The highest BCUT2D eigenvalue weighted by Crippen LogP contribution is 2.02. The van der Waals surface area contributed by atoms with Crippen LogP contribution < -0.4 is 4.90 Å². The third-order valence-corrected chi connectivity index (χ3v) is 1.12. The molecule has 0 fully saturated rings. The quantitative estimate of drug-likeness (QED) is 0.567. The van der Waals surface area contributed by atoms with Crippen molar-refractivity contribution in [2.45, 2.75) is 6.92 Å². The SMILES string of the molecule is Cc1cn[c]c(N(C)C)n1. The van der Waals surface area contributed by atoms with Crippen molar-refractivity contribution >= 4 is 5.82 Å². The fraction of sp³-hybridized carbons (Fsp3) is 0.429. The molecule has 3 heteroatoms. The van der Waals surface area contributed by atoms with Gasteiger partial charge in [0.15, 0.2) is 5.82 Å². The van der Waals surface area contributed by atoms with Crippen molar-refractivity contribution in [3.05, 3.63) is 18.1 Å². The second-order valence-electron chi connectivity index (χ2n) is 2.34. The second-order valence-corrected chi connectivity index (χ2v) is 2.34. The van der Waals surface area contributed by atoms with Gasteiger partial charge in [-0.05, 0) is 6.92 Å².